The first-order valence-corrected chi connectivity index (χ1v) is 10.5. The van der Waals surface area contributed by atoms with Crippen LogP contribution >= 0.6 is 0 Å². The maximum Gasteiger partial charge on any atom is 0.321 e. The summed E-state index contributed by atoms with van der Waals surface area (Å²) >= 11 is 0. The second-order valence-corrected chi connectivity index (χ2v) is 7.85. The molecule has 0 saturated carbocycles. The van der Waals surface area contributed by atoms with Gasteiger partial charge in [0, 0.05) is 32.9 Å². The van der Waals surface area contributed by atoms with Crippen LogP contribution < -0.4 is 10.1 Å². The molecule has 31 heavy (non-hydrogen) atoms. The van der Waals surface area contributed by atoms with Gasteiger partial charge in [0.05, 0.1) is 30.7 Å². The minimum absolute atomic E-state index is 0.0180. The molecule has 0 aliphatic carbocycles. The monoisotopic (exact) mass is 429 g/mol. The third-order valence-corrected chi connectivity index (χ3v) is 4.95. The van der Waals surface area contributed by atoms with Gasteiger partial charge in [-0.15, -0.1) is 0 Å². The standard InChI is InChI=1S/C22H31N5O4/c1-5-30-20-8-6-18(7-9-20)13-25(4)22(29)24-19-10-23-27(14-19)15-21(28)26-11-16(2)31-17(3)12-26/h6-10,14,16-17H,5,11-13,15H2,1-4H3,(H,24,29)/t16-,17+. The zero-order valence-corrected chi connectivity index (χ0v) is 18.6. The summed E-state index contributed by atoms with van der Waals surface area (Å²) in [7, 11) is 1.72. The molecule has 1 aliphatic rings. The van der Waals surface area contributed by atoms with Crippen LogP contribution in [0.5, 0.6) is 5.75 Å². The highest BCUT2D eigenvalue weighted by Gasteiger charge is 2.26. The fourth-order valence-electron chi connectivity index (χ4n) is 3.56. The molecule has 2 atom stereocenters. The number of aromatic nitrogens is 2. The number of urea groups is 1. The van der Waals surface area contributed by atoms with Crippen molar-refractivity contribution in [1.29, 1.82) is 0 Å². The van der Waals surface area contributed by atoms with Crippen molar-refractivity contribution in [2.24, 2.45) is 0 Å². The highest BCUT2D eigenvalue weighted by atomic mass is 16.5. The number of carbonyl (C=O) groups excluding carboxylic acids is 2. The Morgan fingerprint density at radius 1 is 1.23 bits per heavy atom. The zero-order valence-electron chi connectivity index (χ0n) is 18.6. The number of rotatable bonds is 7. The zero-order chi connectivity index (χ0) is 22.4. The Kier molecular flexibility index (Phi) is 7.51. The van der Waals surface area contributed by atoms with Crippen molar-refractivity contribution in [3.05, 3.63) is 42.2 Å². The van der Waals surface area contributed by atoms with Crippen molar-refractivity contribution in [2.45, 2.75) is 46.1 Å². The minimum atomic E-state index is -0.254. The summed E-state index contributed by atoms with van der Waals surface area (Å²) in [6, 6.07) is 7.40. The maximum atomic E-state index is 12.6. The Morgan fingerprint density at radius 2 is 1.90 bits per heavy atom. The van der Waals surface area contributed by atoms with Gasteiger partial charge in [0.15, 0.2) is 0 Å². The first kappa shape index (κ1) is 22.6. The Labute approximate surface area is 182 Å². The van der Waals surface area contributed by atoms with Crippen LogP contribution in [-0.2, 0) is 22.6 Å². The smallest absolute Gasteiger partial charge is 0.321 e. The van der Waals surface area contributed by atoms with Gasteiger partial charge in [-0.3, -0.25) is 9.48 Å². The van der Waals surface area contributed by atoms with E-state index in [1.165, 1.54) is 4.68 Å². The van der Waals surface area contributed by atoms with Crippen LogP contribution in [0.1, 0.15) is 26.3 Å². The molecule has 168 valence electrons. The molecule has 1 aromatic carbocycles. The molecule has 3 amide bonds. The van der Waals surface area contributed by atoms with Gasteiger partial charge in [0.2, 0.25) is 5.91 Å². The van der Waals surface area contributed by atoms with E-state index in [1.807, 2.05) is 45.0 Å². The van der Waals surface area contributed by atoms with Gasteiger partial charge < -0.3 is 24.6 Å². The average Bonchev–Trinajstić information content (AvgIpc) is 3.15. The van der Waals surface area contributed by atoms with Crippen molar-refractivity contribution >= 4 is 17.6 Å². The van der Waals surface area contributed by atoms with Gasteiger partial charge in [-0.2, -0.15) is 5.10 Å². The van der Waals surface area contributed by atoms with Crippen LogP contribution in [0.3, 0.4) is 0 Å². The van der Waals surface area contributed by atoms with Crippen molar-refractivity contribution in [3.63, 3.8) is 0 Å². The molecule has 1 aliphatic heterocycles. The first-order chi connectivity index (χ1) is 14.8. The lowest BCUT2D eigenvalue weighted by Gasteiger charge is -2.35. The molecule has 3 rings (SSSR count). The molecule has 0 bridgehead atoms. The van der Waals surface area contributed by atoms with Crippen LogP contribution in [0.15, 0.2) is 36.7 Å². The van der Waals surface area contributed by atoms with Crippen LogP contribution in [-0.4, -0.2) is 70.5 Å². The maximum absolute atomic E-state index is 12.6. The average molecular weight is 430 g/mol. The molecule has 2 heterocycles. The summed E-state index contributed by atoms with van der Waals surface area (Å²) in [4.78, 5) is 28.4. The number of hydrogen-bond acceptors (Lipinski definition) is 5. The van der Waals surface area contributed by atoms with Crippen LogP contribution in [0.25, 0.3) is 0 Å². The topological polar surface area (TPSA) is 88.9 Å². The molecule has 1 N–H and O–H groups in total. The second-order valence-electron chi connectivity index (χ2n) is 7.85. The Morgan fingerprint density at radius 3 is 2.55 bits per heavy atom. The molecule has 9 nitrogen and oxygen atoms in total. The molecule has 1 aromatic heterocycles. The highest BCUT2D eigenvalue weighted by Crippen LogP contribution is 2.15. The van der Waals surface area contributed by atoms with Crippen LogP contribution in [0.2, 0.25) is 0 Å². The third-order valence-electron chi connectivity index (χ3n) is 4.95. The summed E-state index contributed by atoms with van der Waals surface area (Å²) in [5, 5.41) is 7.02. The molecule has 0 unspecified atom stereocenters. The fourth-order valence-corrected chi connectivity index (χ4v) is 3.56. The fraction of sp³-hybridized carbons (Fsp3) is 0.500. The highest BCUT2D eigenvalue weighted by molar-refractivity contribution is 5.88. The Balaban J connectivity index is 1.50. The van der Waals surface area contributed by atoms with Gasteiger partial charge in [0.25, 0.3) is 0 Å². The van der Waals surface area contributed by atoms with E-state index in [2.05, 4.69) is 10.4 Å². The van der Waals surface area contributed by atoms with E-state index in [-0.39, 0.29) is 30.7 Å². The number of hydrogen-bond donors (Lipinski definition) is 1. The van der Waals surface area contributed by atoms with E-state index in [4.69, 9.17) is 9.47 Å². The number of anilines is 1. The van der Waals surface area contributed by atoms with Gasteiger partial charge in [-0.25, -0.2) is 4.79 Å². The van der Waals surface area contributed by atoms with E-state index in [0.717, 1.165) is 11.3 Å². The first-order valence-electron chi connectivity index (χ1n) is 10.5. The summed E-state index contributed by atoms with van der Waals surface area (Å²) in [5.74, 6) is 0.789. The third kappa shape index (κ3) is 6.45. The summed E-state index contributed by atoms with van der Waals surface area (Å²) in [6.07, 6.45) is 3.24. The van der Waals surface area contributed by atoms with Crippen molar-refractivity contribution in [3.8, 4) is 5.75 Å². The quantitative estimate of drug-likeness (QED) is 0.731. The molecular formula is C22H31N5O4. The Hall–Kier alpha value is -3.07. The van der Waals surface area contributed by atoms with E-state index in [0.29, 0.717) is 31.9 Å². The molecule has 0 spiro atoms. The van der Waals surface area contributed by atoms with E-state index in [1.54, 1.807) is 29.2 Å². The molecular weight excluding hydrogens is 398 g/mol. The van der Waals surface area contributed by atoms with E-state index in [9.17, 15) is 9.59 Å². The van der Waals surface area contributed by atoms with E-state index < -0.39 is 0 Å². The van der Waals surface area contributed by atoms with Gasteiger partial charge in [-0.05, 0) is 38.5 Å². The normalized spacial score (nSPS) is 18.5. The van der Waals surface area contributed by atoms with Crippen molar-refractivity contribution in [1.82, 2.24) is 19.6 Å². The SMILES string of the molecule is CCOc1ccc(CN(C)C(=O)Nc2cnn(CC(=O)N3C[C@@H](C)O[C@@H](C)C3)c2)cc1. The lowest BCUT2D eigenvalue weighted by atomic mass is 10.2. The van der Waals surface area contributed by atoms with Gasteiger partial charge in [0.1, 0.15) is 12.3 Å². The van der Waals surface area contributed by atoms with Crippen molar-refractivity contribution < 1.29 is 19.1 Å². The number of morpholine rings is 1. The number of ether oxygens (including phenoxy) is 2. The van der Waals surface area contributed by atoms with Gasteiger partial charge in [-0.1, -0.05) is 12.1 Å². The number of nitrogens with one attached hydrogen (secondary N) is 1. The number of benzene rings is 1. The number of amides is 3. The van der Waals surface area contributed by atoms with Crippen LogP contribution in [0.4, 0.5) is 10.5 Å². The summed E-state index contributed by atoms with van der Waals surface area (Å²) < 4.78 is 12.6. The van der Waals surface area contributed by atoms with E-state index >= 15 is 0 Å². The second kappa shape index (κ2) is 10.3. The minimum Gasteiger partial charge on any atom is -0.494 e. The Bertz CT molecular complexity index is 872. The molecule has 9 heteroatoms. The molecule has 1 saturated heterocycles. The number of carbonyl (C=O) groups is 2. The lowest BCUT2D eigenvalue weighted by molar-refractivity contribution is -0.144. The molecule has 0 radical (unpaired) electrons. The van der Waals surface area contributed by atoms with Gasteiger partial charge >= 0.3 is 6.03 Å². The summed E-state index contributed by atoms with van der Waals surface area (Å²) in [5.41, 5.74) is 1.54. The van der Waals surface area contributed by atoms with Crippen LogP contribution in [0, 0.1) is 0 Å². The molecule has 2 aromatic rings. The van der Waals surface area contributed by atoms with Crippen molar-refractivity contribution in [2.75, 3.05) is 32.1 Å². The predicted octanol–water partition coefficient (Wildman–Crippen LogP) is 2.58. The predicted molar refractivity (Wildman–Crippen MR) is 117 cm³/mol. The lowest BCUT2D eigenvalue weighted by Crippen LogP contribution is -2.49. The molecule has 1 fully saturated rings. The largest absolute Gasteiger partial charge is 0.494 e. The number of nitrogens with zero attached hydrogens (tertiary/aromatic N) is 4. The summed E-state index contributed by atoms with van der Waals surface area (Å²) in [6.45, 7) is 8.20.